The Morgan fingerprint density at radius 3 is 2.51 bits per heavy atom. The maximum atomic E-state index is 12.9. The van der Waals surface area contributed by atoms with E-state index in [0.29, 0.717) is 21.3 Å². The van der Waals surface area contributed by atoms with Crippen LogP contribution in [0.5, 0.6) is 5.75 Å². The summed E-state index contributed by atoms with van der Waals surface area (Å²) < 4.78 is 0.706. The normalized spacial score (nSPS) is 14.7. The average Bonchev–Trinajstić information content (AvgIpc) is 2.93. The van der Waals surface area contributed by atoms with Crippen LogP contribution in [0.3, 0.4) is 0 Å². The summed E-state index contributed by atoms with van der Waals surface area (Å²) in [5, 5.41) is 29.3. The highest BCUT2D eigenvalue weighted by Crippen LogP contribution is 2.34. The largest absolute Gasteiger partial charge is 0.508 e. The number of rotatable bonds is 9. The molecule has 6 N–H and O–H groups in total. The smallest absolute Gasteiger partial charge is 0.328 e. The van der Waals surface area contributed by atoms with E-state index < -0.39 is 42.2 Å². The van der Waals surface area contributed by atoms with E-state index in [-0.39, 0.29) is 40.8 Å². The Balaban J connectivity index is 1.38. The molecule has 2 atom stereocenters. The number of amides is 4. The quantitative estimate of drug-likeness (QED) is 0.208. The lowest BCUT2D eigenvalue weighted by Crippen LogP contribution is -2.49. The van der Waals surface area contributed by atoms with Crippen LogP contribution in [0.25, 0.3) is 0 Å². The molecule has 3 aromatic carbocycles. The summed E-state index contributed by atoms with van der Waals surface area (Å²) in [6.45, 7) is -0.304. The highest BCUT2D eigenvalue weighted by molar-refractivity contribution is 9.10. The highest BCUT2D eigenvalue weighted by atomic mass is 79.9. The third-order valence-electron chi connectivity index (χ3n) is 6.29. The number of anilines is 1. The molecule has 0 radical (unpaired) electrons. The van der Waals surface area contributed by atoms with Crippen LogP contribution in [-0.4, -0.2) is 52.4 Å². The highest BCUT2D eigenvalue weighted by Gasteiger charge is 2.32. The minimum Gasteiger partial charge on any atom is -0.508 e. The number of benzene rings is 3. The van der Waals surface area contributed by atoms with Gasteiger partial charge >= 0.3 is 5.97 Å². The molecule has 0 aliphatic carbocycles. The predicted octanol–water partition coefficient (Wildman–Crippen LogP) is 3.16. The number of fused-ring (bicyclic) bond motifs is 1. The van der Waals surface area contributed by atoms with E-state index >= 15 is 0 Å². The van der Waals surface area contributed by atoms with Crippen LogP contribution < -0.4 is 21.3 Å². The number of nitrogens with one attached hydrogen (secondary N) is 4. The fourth-order valence-corrected chi connectivity index (χ4v) is 4.86. The fraction of sp³-hybridized carbons (Fsp3) is 0.179. The van der Waals surface area contributed by atoms with Crippen LogP contribution in [0, 0.1) is 0 Å². The zero-order chi connectivity index (χ0) is 29.7. The first-order valence-corrected chi connectivity index (χ1v) is 13.4. The Kier molecular flexibility index (Phi) is 9.25. The van der Waals surface area contributed by atoms with Gasteiger partial charge in [0.2, 0.25) is 11.8 Å². The van der Waals surface area contributed by atoms with E-state index in [0.717, 1.165) is 0 Å². The summed E-state index contributed by atoms with van der Waals surface area (Å²) in [5.41, 5.74) is 1.83. The number of carbonyl (C=O) groups is 5. The van der Waals surface area contributed by atoms with Crippen LogP contribution in [0.2, 0.25) is 5.02 Å². The van der Waals surface area contributed by atoms with Gasteiger partial charge in [-0.2, -0.15) is 0 Å². The molecule has 1 aliphatic rings. The number of halogens is 2. The van der Waals surface area contributed by atoms with Gasteiger partial charge in [0.25, 0.3) is 11.8 Å². The molecule has 0 saturated carbocycles. The number of aliphatic carboxylic acids is 1. The van der Waals surface area contributed by atoms with Crippen molar-refractivity contribution in [1.82, 2.24) is 16.0 Å². The maximum absolute atomic E-state index is 12.9. The van der Waals surface area contributed by atoms with Gasteiger partial charge in [0.05, 0.1) is 16.5 Å². The van der Waals surface area contributed by atoms with Gasteiger partial charge < -0.3 is 31.5 Å². The SMILES string of the molecule is O=C1CC(C(=O)NC[C@H](NC(=O)c2ccc(C(=O)NCc3cccc(O)c3)cc2Cl)C(=O)O)c2cc(Br)ccc2N1. The molecule has 0 spiro atoms. The van der Waals surface area contributed by atoms with Crippen molar-refractivity contribution in [3.05, 3.63) is 92.4 Å². The molecule has 0 aromatic heterocycles. The Morgan fingerprint density at radius 2 is 1.80 bits per heavy atom. The molecular formula is C28H24BrClN4O7. The summed E-state index contributed by atoms with van der Waals surface area (Å²) in [6.07, 6.45) is -0.122. The van der Waals surface area contributed by atoms with Crippen molar-refractivity contribution in [3.63, 3.8) is 0 Å². The molecule has 1 unspecified atom stereocenters. The number of phenolic OH excluding ortho intramolecular Hbond substituents is 1. The molecule has 0 bridgehead atoms. The number of carboxylic acids is 1. The van der Waals surface area contributed by atoms with Gasteiger partial charge in [-0.25, -0.2) is 4.79 Å². The van der Waals surface area contributed by atoms with Crippen LogP contribution >= 0.6 is 27.5 Å². The molecule has 11 nitrogen and oxygen atoms in total. The topological polar surface area (TPSA) is 174 Å². The van der Waals surface area contributed by atoms with Crippen molar-refractivity contribution in [2.45, 2.75) is 24.9 Å². The van der Waals surface area contributed by atoms with Crippen LogP contribution in [0.4, 0.5) is 5.69 Å². The molecule has 41 heavy (non-hydrogen) atoms. The first-order chi connectivity index (χ1) is 19.5. The van der Waals surface area contributed by atoms with Gasteiger partial charge in [0.15, 0.2) is 0 Å². The number of hydrogen-bond donors (Lipinski definition) is 6. The second kappa shape index (κ2) is 12.8. The Morgan fingerprint density at radius 1 is 1.02 bits per heavy atom. The third-order valence-corrected chi connectivity index (χ3v) is 7.10. The van der Waals surface area contributed by atoms with E-state index in [1.54, 1.807) is 30.3 Å². The van der Waals surface area contributed by atoms with Crippen molar-refractivity contribution >= 4 is 62.8 Å². The van der Waals surface area contributed by atoms with E-state index in [1.807, 2.05) is 0 Å². The number of phenols is 1. The van der Waals surface area contributed by atoms with Gasteiger partial charge in [-0.3, -0.25) is 19.2 Å². The van der Waals surface area contributed by atoms with Crippen molar-refractivity contribution in [3.8, 4) is 5.75 Å². The lowest BCUT2D eigenvalue weighted by atomic mass is 9.90. The van der Waals surface area contributed by atoms with Gasteiger partial charge in [0, 0.05) is 35.2 Å². The maximum Gasteiger partial charge on any atom is 0.328 e. The van der Waals surface area contributed by atoms with E-state index in [9.17, 15) is 34.2 Å². The predicted molar refractivity (Wildman–Crippen MR) is 153 cm³/mol. The lowest BCUT2D eigenvalue weighted by molar-refractivity contribution is -0.139. The Hall–Kier alpha value is -4.42. The Bertz CT molecular complexity index is 1550. The van der Waals surface area contributed by atoms with Crippen molar-refractivity contribution in [1.29, 1.82) is 0 Å². The van der Waals surface area contributed by atoms with Gasteiger partial charge in [-0.15, -0.1) is 0 Å². The zero-order valence-corrected chi connectivity index (χ0v) is 23.6. The van der Waals surface area contributed by atoms with Crippen molar-refractivity contribution < 1.29 is 34.2 Å². The molecule has 4 amide bonds. The van der Waals surface area contributed by atoms with Crippen molar-refractivity contribution in [2.24, 2.45) is 0 Å². The molecule has 0 saturated heterocycles. The Labute approximate surface area is 247 Å². The van der Waals surface area contributed by atoms with Crippen LogP contribution in [0.1, 0.15) is 44.2 Å². The summed E-state index contributed by atoms with van der Waals surface area (Å²) in [6, 6.07) is 13.9. The number of aromatic hydroxyl groups is 1. The van der Waals surface area contributed by atoms with E-state index in [1.165, 1.54) is 30.3 Å². The lowest BCUT2D eigenvalue weighted by Gasteiger charge is -2.25. The summed E-state index contributed by atoms with van der Waals surface area (Å²) >= 11 is 9.58. The molecule has 1 aliphatic heterocycles. The number of carboxylic acid groups (broad SMARTS) is 1. The fourth-order valence-electron chi connectivity index (χ4n) is 4.22. The minimum absolute atomic E-state index is 0.0642. The van der Waals surface area contributed by atoms with E-state index in [2.05, 4.69) is 37.2 Å². The molecule has 0 fully saturated rings. The van der Waals surface area contributed by atoms with Crippen LogP contribution in [-0.2, 0) is 20.9 Å². The first-order valence-electron chi connectivity index (χ1n) is 12.3. The average molecular weight is 644 g/mol. The van der Waals surface area contributed by atoms with Crippen LogP contribution in [0.15, 0.2) is 65.1 Å². The molecule has 212 valence electrons. The summed E-state index contributed by atoms with van der Waals surface area (Å²) in [5.74, 6) is -4.40. The molecule has 1 heterocycles. The number of carbonyl (C=O) groups excluding carboxylic acids is 4. The minimum atomic E-state index is -1.51. The third kappa shape index (κ3) is 7.41. The zero-order valence-electron chi connectivity index (χ0n) is 21.2. The van der Waals surface area contributed by atoms with E-state index in [4.69, 9.17) is 11.6 Å². The summed E-state index contributed by atoms with van der Waals surface area (Å²) in [7, 11) is 0. The van der Waals surface area contributed by atoms with Gasteiger partial charge in [-0.05, 0) is 59.7 Å². The van der Waals surface area contributed by atoms with Crippen molar-refractivity contribution in [2.75, 3.05) is 11.9 Å². The summed E-state index contributed by atoms with van der Waals surface area (Å²) in [4.78, 5) is 62.2. The monoisotopic (exact) mass is 642 g/mol. The molecular weight excluding hydrogens is 620 g/mol. The standard InChI is InChI=1S/C28H24BrClN4O7/c29-16-5-7-22-19(10-16)20(11-24(36)33-22)26(38)32-13-23(28(40)41)34-27(39)18-6-4-15(9-21(18)30)25(37)31-12-14-2-1-3-17(35)8-14/h1-10,20,23,35H,11-13H2,(H,31,37)(H,32,38)(H,33,36)(H,34,39)(H,40,41)/t20?,23-/m0/s1. The first kappa shape index (κ1) is 29.6. The second-order valence-corrected chi connectivity index (χ2v) is 10.5. The molecule has 13 heteroatoms. The molecule has 3 aromatic rings. The van der Waals surface area contributed by atoms with Gasteiger partial charge in [-0.1, -0.05) is 39.7 Å². The van der Waals surface area contributed by atoms with Gasteiger partial charge in [0.1, 0.15) is 11.8 Å². The second-order valence-electron chi connectivity index (χ2n) is 9.19. The number of hydrogen-bond acceptors (Lipinski definition) is 6. The molecule has 4 rings (SSSR count).